The number of benzene rings is 1. The number of nitrogens with zero attached hydrogens (tertiary/aromatic N) is 5. The molecule has 2 fully saturated rings. The van der Waals surface area contributed by atoms with Crippen LogP contribution in [0.1, 0.15) is 30.3 Å². The number of rotatable bonds is 6. The summed E-state index contributed by atoms with van der Waals surface area (Å²) in [4.78, 5) is 39.8. The number of likely N-dealkylation sites (tertiary alicyclic amines) is 1. The van der Waals surface area contributed by atoms with Crippen molar-refractivity contribution in [2.45, 2.75) is 44.6 Å². The summed E-state index contributed by atoms with van der Waals surface area (Å²) in [6.45, 7) is 3.20. The topological polar surface area (TPSA) is 148 Å². The summed E-state index contributed by atoms with van der Waals surface area (Å²) in [5.74, 6) is -1.30. The van der Waals surface area contributed by atoms with Crippen molar-refractivity contribution in [1.29, 1.82) is 0 Å². The highest BCUT2D eigenvalue weighted by Gasteiger charge is 2.41. The van der Waals surface area contributed by atoms with E-state index in [4.69, 9.17) is 5.73 Å². The van der Waals surface area contributed by atoms with Crippen LogP contribution >= 0.6 is 0 Å². The van der Waals surface area contributed by atoms with Gasteiger partial charge < -0.3 is 21.3 Å². The Morgan fingerprint density at radius 1 is 1.22 bits per heavy atom. The van der Waals surface area contributed by atoms with E-state index < -0.39 is 24.0 Å². The number of nitrogens with one attached hydrogen (secondary N) is 2. The fourth-order valence-electron chi connectivity index (χ4n) is 5.16. The van der Waals surface area contributed by atoms with Crippen molar-refractivity contribution in [3.8, 4) is 11.1 Å². The van der Waals surface area contributed by atoms with Crippen LogP contribution in [0.15, 0.2) is 36.7 Å². The standard InChI is InChI=1S/C25H29FN8O3/c1-14-10-28-6-5-19(14)31-25(37)21-9-17(26)12-33(21)22(35)13-34-20-3-2-15(16-4-7-29-30-11-16)8-18(20)23(32-34)24(27)36/h2-4,7-8,11,14,17,19,21,28H,5-6,9-10,12-13H2,1H3,(H2,27,36)(H,31,37). The van der Waals surface area contributed by atoms with Gasteiger partial charge in [-0.25, -0.2) is 4.39 Å². The second-order valence-electron chi connectivity index (χ2n) is 9.71. The van der Waals surface area contributed by atoms with Crippen LogP contribution in [-0.4, -0.2) is 80.5 Å². The van der Waals surface area contributed by atoms with Crippen molar-refractivity contribution >= 4 is 28.6 Å². The fraction of sp³-hybridized carbons (Fsp3) is 0.440. The highest BCUT2D eigenvalue weighted by molar-refractivity contribution is 6.05. The van der Waals surface area contributed by atoms with Gasteiger partial charge in [0.15, 0.2) is 5.69 Å². The second-order valence-corrected chi connectivity index (χ2v) is 9.71. The van der Waals surface area contributed by atoms with Crippen LogP contribution in [0.2, 0.25) is 0 Å². The maximum Gasteiger partial charge on any atom is 0.269 e. The molecule has 4 N–H and O–H groups in total. The molecule has 0 saturated carbocycles. The number of alkyl halides is 1. The lowest BCUT2D eigenvalue weighted by Crippen LogP contribution is -2.54. The molecule has 3 amide bonds. The summed E-state index contributed by atoms with van der Waals surface area (Å²) in [5.41, 5.74) is 7.68. The highest BCUT2D eigenvalue weighted by atomic mass is 19.1. The molecule has 2 aliphatic heterocycles. The van der Waals surface area contributed by atoms with Gasteiger partial charge in [0.05, 0.1) is 24.5 Å². The zero-order valence-corrected chi connectivity index (χ0v) is 20.4. The second kappa shape index (κ2) is 10.2. The first-order valence-corrected chi connectivity index (χ1v) is 12.3. The van der Waals surface area contributed by atoms with E-state index in [-0.39, 0.29) is 43.1 Å². The number of hydrogen-bond acceptors (Lipinski definition) is 7. The van der Waals surface area contributed by atoms with Gasteiger partial charge in [0.2, 0.25) is 11.8 Å². The van der Waals surface area contributed by atoms with Crippen molar-refractivity contribution in [2.75, 3.05) is 19.6 Å². The minimum Gasteiger partial charge on any atom is -0.364 e. The third kappa shape index (κ3) is 5.01. The molecule has 1 aromatic carbocycles. The molecule has 2 saturated heterocycles. The van der Waals surface area contributed by atoms with E-state index in [2.05, 4.69) is 25.9 Å². The molecule has 0 radical (unpaired) electrons. The molecule has 11 nitrogen and oxygen atoms in total. The number of aromatic nitrogens is 4. The molecule has 2 aromatic heterocycles. The van der Waals surface area contributed by atoms with E-state index in [0.29, 0.717) is 10.9 Å². The number of carbonyl (C=O) groups excluding carboxylic acids is 3. The first kappa shape index (κ1) is 24.8. The van der Waals surface area contributed by atoms with E-state index in [9.17, 15) is 18.8 Å². The van der Waals surface area contributed by atoms with Gasteiger partial charge >= 0.3 is 0 Å². The largest absolute Gasteiger partial charge is 0.364 e. The summed E-state index contributed by atoms with van der Waals surface area (Å²) in [6, 6.07) is 6.17. The van der Waals surface area contributed by atoms with E-state index >= 15 is 0 Å². The molecule has 4 unspecified atom stereocenters. The molecule has 0 spiro atoms. The lowest BCUT2D eigenvalue weighted by atomic mass is 9.95. The molecule has 2 aliphatic rings. The van der Waals surface area contributed by atoms with Crippen molar-refractivity contribution in [3.63, 3.8) is 0 Å². The summed E-state index contributed by atoms with van der Waals surface area (Å²) in [6.07, 6.45) is 2.59. The Balaban J connectivity index is 1.38. The molecule has 4 atom stereocenters. The number of amides is 3. The van der Waals surface area contributed by atoms with Crippen molar-refractivity contribution in [3.05, 3.63) is 42.4 Å². The molecule has 0 aliphatic carbocycles. The zero-order chi connectivity index (χ0) is 26.1. The van der Waals surface area contributed by atoms with Crippen LogP contribution in [0.25, 0.3) is 22.0 Å². The quantitative estimate of drug-likeness (QED) is 0.443. The van der Waals surface area contributed by atoms with Crippen LogP contribution < -0.4 is 16.4 Å². The van der Waals surface area contributed by atoms with Gasteiger partial charge in [0, 0.05) is 23.4 Å². The lowest BCUT2D eigenvalue weighted by molar-refractivity contribution is -0.139. The predicted octanol–water partition coefficient (Wildman–Crippen LogP) is 0.645. The van der Waals surface area contributed by atoms with E-state index in [0.717, 1.165) is 30.6 Å². The van der Waals surface area contributed by atoms with Gasteiger partial charge in [-0.1, -0.05) is 13.0 Å². The summed E-state index contributed by atoms with van der Waals surface area (Å²) >= 11 is 0. The minimum absolute atomic E-state index is 0.0191. The van der Waals surface area contributed by atoms with E-state index in [1.807, 2.05) is 13.0 Å². The van der Waals surface area contributed by atoms with Gasteiger partial charge in [0.1, 0.15) is 18.8 Å². The van der Waals surface area contributed by atoms with Gasteiger partial charge in [-0.3, -0.25) is 19.1 Å². The number of fused-ring (bicyclic) bond motifs is 1. The normalized spacial score (nSPS) is 23.8. The Hall–Kier alpha value is -3.93. The molecule has 194 valence electrons. The van der Waals surface area contributed by atoms with Crippen molar-refractivity contribution in [2.24, 2.45) is 11.7 Å². The van der Waals surface area contributed by atoms with Gasteiger partial charge in [-0.15, -0.1) is 0 Å². The highest BCUT2D eigenvalue weighted by Crippen LogP contribution is 2.27. The average Bonchev–Trinajstić information content (AvgIpc) is 3.46. The number of hydrogen-bond donors (Lipinski definition) is 3. The molecule has 37 heavy (non-hydrogen) atoms. The molecule has 3 aromatic rings. The van der Waals surface area contributed by atoms with Crippen LogP contribution in [0, 0.1) is 5.92 Å². The lowest BCUT2D eigenvalue weighted by Gasteiger charge is -2.32. The molecular weight excluding hydrogens is 479 g/mol. The van der Waals surface area contributed by atoms with Gasteiger partial charge in [-0.05, 0) is 49.2 Å². The van der Waals surface area contributed by atoms with Crippen LogP contribution in [0.4, 0.5) is 4.39 Å². The fourth-order valence-corrected chi connectivity index (χ4v) is 5.16. The predicted molar refractivity (Wildman–Crippen MR) is 133 cm³/mol. The Morgan fingerprint density at radius 2 is 2.05 bits per heavy atom. The third-order valence-electron chi connectivity index (χ3n) is 7.17. The van der Waals surface area contributed by atoms with Crippen LogP contribution in [0.5, 0.6) is 0 Å². The Labute approximate surface area is 212 Å². The Morgan fingerprint density at radius 3 is 2.78 bits per heavy atom. The first-order valence-electron chi connectivity index (χ1n) is 12.3. The number of carbonyl (C=O) groups is 3. The van der Waals surface area contributed by atoms with Gasteiger partial charge in [0.25, 0.3) is 5.91 Å². The maximum absolute atomic E-state index is 14.4. The van der Waals surface area contributed by atoms with Crippen molar-refractivity contribution in [1.82, 2.24) is 35.5 Å². The Kier molecular flexibility index (Phi) is 6.83. The third-order valence-corrected chi connectivity index (χ3v) is 7.17. The molecule has 12 heteroatoms. The summed E-state index contributed by atoms with van der Waals surface area (Å²) in [5, 5.41) is 18.7. The van der Waals surface area contributed by atoms with Gasteiger partial charge in [-0.2, -0.15) is 15.3 Å². The summed E-state index contributed by atoms with van der Waals surface area (Å²) < 4.78 is 15.8. The first-order chi connectivity index (χ1) is 17.8. The molecule has 0 bridgehead atoms. The van der Waals surface area contributed by atoms with Crippen LogP contribution in [-0.2, 0) is 16.1 Å². The smallest absolute Gasteiger partial charge is 0.269 e. The molecule has 4 heterocycles. The monoisotopic (exact) mass is 508 g/mol. The molecule has 5 rings (SSSR count). The van der Waals surface area contributed by atoms with Crippen LogP contribution in [0.3, 0.4) is 0 Å². The van der Waals surface area contributed by atoms with E-state index in [1.54, 1.807) is 30.6 Å². The van der Waals surface area contributed by atoms with Crippen molar-refractivity contribution < 1.29 is 18.8 Å². The zero-order valence-electron chi connectivity index (χ0n) is 20.4. The SMILES string of the molecule is CC1CNCCC1NC(=O)C1CC(F)CN1C(=O)Cn1nc(C(N)=O)c2cc(-c3ccnnc3)ccc21. The number of halogens is 1. The number of nitrogens with two attached hydrogens (primary N) is 1. The molecular formula is C25H29FN8O3. The van der Waals surface area contributed by atoms with E-state index in [1.165, 1.54) is 9.58 Å². The Bertz CT molecular complexity index is 1330. The summed E-state index contributed by atoms with van der Waals surface area (Å²) in [7, 11) is 0. The minimum atomic E-state index is -1.29. The average molecular weight is 509 g/mol. The number of piperidine rings is 1. The number of primary amides is 1. The maximum atomic E-state index is 14.4.